The van der Waals surface area contributed by atoms with Gasteiger partial charge in [-0.3, -0.25) is 4.90 Å². The number of aryl methyl sites for hydroxylation is 1. The SMILES string of the molecule is COc1ccc(N(CC2COc3c(ccc4oc(-c5cc(C)cc6nc(OC)cnc56)cc34)O2)C(=O)O)cn1. The monoisotopic (exact) mass is 528 g/mol. The third-order valence-corrected chi connectivity index (χ3v) is 6.42. The van der Waals surface area contributed by atoms with Crippen molar-refractivity contribution in [2.24, 2.45) is 0 Å². The van der Waals surface area contributed by atoms with Gasteiger partial charge in [0.25, 0.3) is 0 Å². The number of hydrogen-bond donors (Lipinski definition) is 1. The third-order valence-electron chi connectivity index (χ3n) is 6.42. The fourth-order valence-corrected chi connectivity index (χ4v) is 4.61. The minimum absolute atomic E-state index is 0.0505. The molecule has 1 unspecified atom stereocenters. The van der Waals surface area contributed by atoms with Gasteiger partial charge in [0.15, 0.2) is 17.6 Å². The lowest BCUT2D eigenvalue weighted by Gasteiger charge is -2.30. The van der Waals surface area contributed by atoms with Gasteiger partial charge in [-0.2, -0.15) is 0 Å². The molecule has 1 aliphatic heterocycles. The van der Waals surface area contributed by atoms with Crippen LogP contribution in [0.1, 0.15) is 5.56 Å². The van der Waals surface area contributed by atoms with Gasteiger partial charge in [-0.25, -0.2) is 19.7 Å². The molecule has 0 radical (unpaired) electrons. The van der Waals surface area contributed by atoms with Crippen LogP contribution in [0.2, 0.25) is 0 Å². The topological polar surface area (TPSA) is 129 Å². The molecule has 3 aromatic heterocycles. The van der Waals surface area contributed by atoms with Crippen LogP contribution >= 0.6 is 0 Å². The summed E-state index contributed by atoms with van der Waals surface area (Å²) >= 11 is 0. The largest absolute Gasteiger partial charge is 0.485 e. The van der Waals surface area contributed by atoms with Crippen LogP contribution in [-0.2, 0) is 0 Å². The second-order valence-corrected chi connectivity index (χ2v) is 9.01. The Labute approximate surface area is 222 Å². The first kappa shape index (κ1) is 24.3. The predicted octanol–water partition coefficient (Wildman–Crippen LogP) is 5.09. The van der Waals surface area contributed by atoms with Crippen molar-refractivity contribution in [1.82, 2.24) is 15.0 Å². The van der Waals surface area contributed by atoms with Crippen LogP contribution in [-0.4, -0.2) is 59.6 Å². The van der Waals surface area contributed by atoms with E-state index in [9.17, 15) is 9.90 Å². The summed E-state index contributed by atoms with van der Waals surface area (Å²) in [6, 6.07) is 12.6. The lowest BCUT2D eigenvalue weighted by molar-refractivity contribution is 0.0960. The van der Waals surface area contributed by atoms with Crippen molar-refractivity contribution < 1.29 is 33.3 Å². The first-order chi connectivity index (χ1) is 18.9. The van der Waals surface area contributed by atoms with E-state index in [2.05, 4.69) is 15.0 Å². The van der Waals surface area contributed by atoms with E-state index in [0.29, 0.717) is 51.3 Å². The van der Waals surface area contributed by atoms with Gasteiger partial charge < -0.3 is 28.5 Å². The molecule has 39 heavy (non-hydrogen) atoms. The highest BCUT2D eigenvalue weighted by Gasteiger charge is 2.29. The molecule has 11 nitrogen and oxygen atoms in total. The van der Waals surface area contributed by atoms with Crippen LogP contribution in [0.4, 0.5) is 10.5 Å². The number of amides is 1. The summed E-state index contributed by atoms with van der Waals surface area (Å²) in [5.41, 5.74) is 4.21. The second kappa shape index (κ2) is 9.67. The summed E-state index contributed by atoms with van der Waals surface area (Å²) in [6.07, 6.45) is 1.35. The van der Waals surface area contributed by atoms with Crippen molar-refractivity contribution in [3.05, 3.63) is 60.4 Å². The zero-order chi connectivity index (χ0) is 27.1. The molecule has 5 aromatic rings. The van der Waals surface area contributed by atoms with E-state index >= 15 is 0 Å². The Kier molecular flexibility index (Phi) is 6.02. The number of ether oxygens (including phenoxy) is 4. The highest BCUT2D eigenvalue weighted by atomic mass is 16.6. The predicted molar refractivity (Wildman–Crippen MR) is 142 cm³/mol. The Morgan fingerprint density at radius 2 is 1.92 bits per heavy atom. The summed E-state index contributed by atoms with van der Waals surface area (Å²) in [5.74, 6) is 2.48. The Hall–Kier alpha value is -5.06. The first-order valence-corrected chi connectivity index (χ1v) is 12.1. The van der Waals surface area contributed by atoms with E-state index in [0.717, 1.165) is 16.5 Å². The molecule has 1 atom stereocenters. The van der Waals surface area contributed by atoms with E-state index < -0.39 is 12.2 Å². The standard InChI is InChI=1S/C28H24N4O7/c1-15-8-18(26-20(9-15)31-25(36-3)12-30-26)23-10-19-21(39-23)5-6-22-27(19)37-14-17(38-22)13-32(28(33)34)16-4-7-24(35-2)29-11-16/h4-12,17H,13-14H2,1-3H3,(H,33,34). The molecule has 6 rings (SSSR count). The molecule has 0 saturated heterocycles. The van der Waals surface area contributed by atoms with Crippen LogP contribution in [0.25, 0.3) is 33.3 Å². The van der Waals surface area contributed by atoms with Gasteiger partial charge >= 0.3 is 6.09 Å². The fourth-order valence-electron chi connectivity index (χ4n) is 4.61. The maximum atomic E-state index is 12.0. The number of methoxy groups -OCH3 is 2. The highest BCUT2D eigenvalue weighted by Crippen LogP contribution is 2.43. The molecule has 0 bridgehead atoms. The van der Waals surface area contributed by atoms with Crippen LogP contribution in [0.15, 0.2) is 59.3 Å². The number of carbonyl (C=O) groups is 1. The first-order valence-electron chi connectivity index (χ1n) is 12.1. The maximum absolute atomic E-state index is 12.0. The van der Waals surface area contributed by atoms with E-state index in [4.69, 9.17) is 23.4 Å². The summed E-state index contributed by atoms with van der Waals surface area (Å²) in [5, 5.41) is 10.5. The molecular formula is C28H24N4O7. The van der Waals surface area contributed by atoms with Crippen molar-refractivity contribution in [2.75, 3.05) is 32.3 Å². The normalized spacial score (nSPS) is 14.4. The molecule has 1 amide bonds. The number of hydrogen-bond acceptors (Lipinski definition) is 9. The van der Waals surface area contributed by atoms with Gasteiger partial charge in [0, 0.05) is 11.6 Å². The van der Waals surface area contributed by atoms with Gasteiger partial charge in [0.2, 0.25) is 11.8 Å². The number of rotatable bonds is 6. The fraction of sp³-hybridized carbons (Fsp3) is 0.214. The Morgan fingerprint density at radius 3 is 2.67 bits per heavy atom. The van der Waals surface area contributed by atoms with E-state index in [1.807, 2.05) is 25.1 Å². The Morgan fingerprint density at radius 1 is 1.08 bits per heavy atom. The van der Waals surface area contributed by atoms with E-state index in [-0.39, 0.29) is 13.2 Å². The number of furan rings is 1. The van der Waals surface area contributed by atoms with Crippen molar-refractivity contribution in [3.8, 4) is 34.6 Å². The number of pyridine rings is 1. The van der Waals surface area contributed by atoms with E-state index in [1.54, 1.807) is 37.6 Å². The molecule has 2 aromatic carbocycles. The highest BCUT2D eigenvalue weighted by molar-refractivity contribution is 5.96. The lowest BCUT2D eigenvalue weighted by Crippen LogP contribution is -2.43. The molecule has 1 aliphatic rings. The summed E-state index contributed by atoms with van der Waals surface area (Å²) < 4.78 is 28.8. The number of nitrogens with zero attached hydrogens (tertiary/aromatic N) is 4. The van der Waals surface area contributed by atoms with Gasteiger partial charge in [-0.1, -0.05) is 0 Å². The molecule has 0 fully saturated rings. The molecule has 11 heteroatoms. The van der Waals surface area contributed by atoms with E-state index in [1.165, 1.54) is 18.2 Å². The average Bonchev–Trinajstić information content (AvgIpc) is 3.39. The lowest BCUT2D eigenvalue weighted by atomic mass is 10.1. The average molecular weight is 529 g/mol. The van der Waals surface area contributed by atoms with Gasteiger partial charge in [-0.05, 0) is 48.9 Å². The molecule has 198 valence electrons. The van der Waals surface area contributed by atoms with Crippen LogP contribution in [0, 0.1) is 6.92 Å². The smallest absolute Gasteiger partial charge is 0.411 e. The number of fused-ring (bicyclic) bond motifs is 4. The summed E-state index contributed by atoms with van der Waals surface area (Å²) in [4.78, 5) is 26.3. The third kappa shape index (κ3) is 4.48. The van der Waals surface area contributed by atoms with Crippen LogP contribution in [0.5, 0.6) is 23.3 Å². The van der Waals surface area contributed by atoms with Crippen LogP contribution in [0.3, 0.4) is 0 Å². The minimum Gasteiger partial charge on any atom is -0.485 e. The molecule has 0 spiro atoms. The van der Waals surface area contributed by atoms with Gasteiger partial charge in [0.05, 0.1) is 55.3 Å². The zero-order valence-electron chi connectivity index (χ0n) is 21.4. The van der Waals surface area contributed by atoms with Crippen LogP contribution < -0.4 is 23.8 Å². The second-order valence-electron chi connectivity index (χ2n) is 9.01. The quantitative estimate of drug-likeness (QED) is 0.318. The molecule has 1 N–H and O–H groups in total. The maximum Gasteiger partial charge on any atom is 0.411 e. The van der Waals surface area contributed by atoms with Gasteiger partial charge in [0.1, 0.15) is 18.0 Å². The Bertz CT molecular complexity index is 1700. The summed E-state index contributed by atoms with van der Waals surface area (Å²) in [6.45, 7) is 2.18. The molecule has 4 heterocycles. The van der Waals surface area contributed by atoms with Crippen molar-refractivity contribution in [3.63, 3.8) is 0 Å². The Balaban J connectivity index is 1.30. The molecule has 0 aliphatic carbocycles. The van der Waals surface area contributed by atoms with Crippen molar-refractivity contribution >= 4 is 33.8 Å². The number of anilines is 1. The summed E-state index contributed by atoms with van der Waals surface area (Å²) in [7, 11) is 3.05. The number of benzene rings is 2. The van der Waals surface area contributed by atoms with Gasteiger partial charge in [-0.15, -0.1) is 0 Å². The minimum atomic E-state index is -1.13. The molecule has 0 saturated carbocycles. The van der Waals surface area contributed by atoms with Crippen molar-refractivity contribution in [1.29, 1.82) is 0 Å². The number of carboxylic acid groups (broad SMARTS) is 1. The molecular weight excluding hydrogens is 504 g/mol. The zero-order valence-corrected chi connectivity index (χ0v) is 21.4. The number of aromatic nitrogens is 3. The van der Waals surface area contributed by atoms with Crippen molar-refractivity contribution in [2.45, 2.75) is 13.0 Å².